The average molecular weight is 279 g/mol. The number of anilines is 2. The van der Waals surface area contributed by atoms with Crippen LogP contribution in [0.4, 0.5) is 16.2 Å². The second-order valence-electron chi connectivity index (χ2n) is 5.58. The van der Waals surface area contributed by atoms with E-state index in [0.717, 1.165) is 17.1 Å². The molecule has 1 saturated heterocycles. The van der Waals surface area contributed by atoms with Gasteiger partial charge in [0.25, 0.3) is 0 Å². The van der Waals surface area contributed by atoms with Crippen molar-refractivity contribution < 1.29 is 4.79 Å². The Balaban J connectivity index is 2.07. The largest absolute Gasteiger partial charge is 0.381 e. The Bertz CT molecular complexity index is 462. The van der Waals surface area contributed by atoms with E-state index in [0.29, 0.717) is 11.5 Å². The lowest BCUT2D eigenvalue weighted by Gasteiger charge is -2.39. The van der Waals surface area contributed by atoms with Gasteiger partial charge in [0.1, 0.15) is 0 Å². The second-order valence-corrected chi connectivity index (χ2v) is 6.73. The molecule has 1 atom stereocenters. The maximum Gasteiger partial charge on any atom is 0.316 e. The Labute approximate surface area is 118 Å². The monoisotopic (exact) mass is 279 g/mol. The van der Waals surface area contributed by atoms with Crippen LogP contribution >= 0.6 is 11.8 Å². The highest BCUT2D eigenvalue weighted by Crippen LogP contribution is 2.36. The van der Waals surface area contributed by atoms with Crippen LogP contribution in [0.2, 0.25) is 0 Å². The molecule has 2 amide bonds. The Kier molecular flexibility index (Phi) is 4.24. The van der Waals surface area contributed by atoms with E-state index in [1.165, 1.54) is 12.2 Å². The van der Waals surface area contributed by atoms with E-state index in [9.17, 15) is 4.79 Å². The Morgan fingerprint density at radius 1 is 1.42 bits per heavy atom. The molecule has 104 valence electrons. The SMILES string of the molecule is CC1(C)CCSCC1Nc1cccc(NC(N)=O)c1. The number of primary amides is 1. The summed E-state index contributed by atoms with van der Waals surface area (Å²) in [6.07, 6.45) is 1.22. The fourth-order valence-corrected chi connectivity index (χ4v) is 3.81. The summed E-state index contributed by atoms with van der Waals surface area (Å²) in [5.41, 5.74) is 7.16. The first-order valence-corrected chi connectivity index (χ1v) is 7.64. The molecule has 4 nitrogen and oxygen atoms in total. The lowest BCUT2D eigenvalue weighted by molar-refractivity contribution is 0.259. The molecule has 0 saturated carbocycles. The molecule has 1 aromatic carbocycles. The molecular formula is C14H21N3OS. The molecule has 0 spiro atoms. The number of nitrogens with one attached hydrogen (secondary N) is 2. The van der Waals surface area contributed by atoms with Gasteiger partial charge in [0.15, 0.2) is 0 Å². The van der Waals surface area contributed by atoms with Gasteiger partial charge < -0.3 is 16.4 Å². The van der Waals surface area contributed by atoms with Gasteiger partial charge in [-0.2, -0.15) is 11.8 Å². The van der Waals surface area contributed by atoms with E-state index in [2.05, 4.69) is 24.5 Å². The van der Waals surface area contributed by atoms with Crippen molar-refractivity contribution in [1.82, 2.24) is 0 Å². The number of benzene rings is 1. The Morgan fingerprint density at radius 2 is 2.16 bits per heavy atom. The summed E-state index contributed by atoms with van der Waals surface area (Å²) >= 11 is 1.99. The summed E-state index contributed by atoms with van der Waals surface area (Å²) in [7, 11) is 0. The minimum Gasteiger partial charge on any atom is -0.381 e. The number of carbonyl (C=O) groups is 1. The number of carbonyl (C=O) groups excluding carboxylic acids is 1. The van der Waals surface area contributed by atoms with Crippen molar-refractivity contribution in [2.45, 2.75) is 26.3 Å². The Morgan fingerprint density at radius 3 is 2.84 bits per heavy atom. The van der Waals surface area contributed by atoms with Crippen molar-refractivity contribution in [3.8, 4) is 0 Å². The molecule has 4 N–H and O–H groups in total. The zero-order valence-electron chi connectivity index (χ0n) is 11.4. The van der Waals surface area contributed by atoms with E-state index in [1.807, 2.05) is 36.0 Å². The molecule has 0 bridgehead atoms. The quantitative estimate of drug-likeness (QED) is 0.796. The molecule has 1 aliphatic rings. The summed E-state index contributed by atoms with van der Waals surface area (Å²) < 4.78 is 0. The first-order chi connectivity index (χ1) is 8.97. The normalized spacial score (nSPS) is 21.7. The van der Waals surface area contributed by atoms with Crippen LogP contribution in [-0.4, -0.2) is 23.6 Å². The molecule has 0 radical (unpaired) electrons. The standard InChI is InChI=1S/C14H21N3OS/c1-14(2)6-7-19-9-12(14)16-10-4-3-5-11(8-10)17-13(15)18/h3-5,8,12,16H,6-7,9H2,1-2H3,(H3,15,17,18). The number of nitrogens with two attached hydrogens (primary N) is 1. The third kappa shape index (κ3) is 3.80. The molecule has 1 aliphatic heterocycles. The zero-order chi connectivity index (χ0) is 13.9. The van der Waals surface area contributed by atoms with Crippen LogP contribution in [-0.2, 0) is 0 Å². The minimum absolute atomic E-state index is 0.290. The topological polar surface area (TPSA) is 67.2 Å². The summed E-state index contributed by atoms with van der Waals surface area (Å²) in [6, 6.07) is 7.58. The third-order valence-electron chi connectivity index (χ3n) is 3.59. The molecule has 0 aliphatic carbocycles. The molecule has 1 fully saturated rings. The number of amides is 2. The fourth-order valence-electron chi connectivity index (χ4n) is 2.20. The summed E-state index contributed by atoms with van der Waals surface area (Å²) in [5.74, 6) is 2.34. The smallest absolute Gasteiger partial charge is 0.316 e. The number of thioether (sulfide) groups is 1. The van der Waals surface area contributed by atoms with Gasteiger partial charge in [-0.1, -0.05) is 19.9 Å². The van der Waals surface area contributed by atoms with Gasteiger partial charge in [0, 0.05) is 23.2 Å². The first kappa shape index (κ1) is 14.1. The molecule has 0 aromatic heterocycles. The van der Waals surface area contributed by atoms with Crippen LogP contribution in [0.5, 0.6) is 0 Å². The van der Waals surface area contributed by atoms with Gasteiger partial charge in [-0.05, 0) is 35.8 Å². The molecule has 19 heavy (non-hydrogen) atoms. The van der Waals surface area contributed by atoms with Crippen molar-refractivity contribution in [3.05, 3.63) is 24.3 Å². The molecular weight excluding hydrogens is 258 g/mol. The van der Waals surface area contributed by atoms with Crippen LogP contribution in [0.15, 0.2) is 24.3 Å². The predicted octanol–water partition coefficient (Wildman–Crippen LogP) is 3.12. The molecule has 1 unspecified atom stereocenters. The second kappa shape index (κ2) is 5.74. The van der Waals surface area contributed by atoms with E-state index in [1.54, 1.807) is 0 Å². The summed E-state index contributed by atoms with van der Waals surface area (Å²) in [4.78, 5) is 10.9. The molecule has 2 rings (SSSR count). The van der Waals surface area contributed by atoms with E-state index in [-0.39, 0.29) is 0 Å². The Hall–Kier alpha value is -1.36. The van der Waals surface area contributed by atoms with Crippen LogP contribution in [0.1, 0.15) is 20.3 Å². The van der Waals surface area contributed by atoms with Gasteiger partial charge in [-0.25, -0.2) is 4.79 Å². The fraction of sp³-hybridized carbons (Fsp3) is 0.500. The van der Waals surface area contributed by atoms with E-state index < -0.39 is 6.03 Å². The number of rotatable bonds is 3. The van der Waals surface area contributed by atoms with Crippen molar-refractivity contribution in [3.63, 3.8) is 0 Å². The van der Waals surface area contributed by atoms with Crippen LogP contribution in [0.25, 0.3) is 0 Å². The summed E-state index contributed by atoms with van der Waals surface area (Å²) in [6.45, 7) is 4.60. The predicted molar refractivity (Wildman–Crippen MR) is 82.8 cm³/mol. The number of urea groups is 1. The first-order valence-electron chi connectivity index (χ1n) is 6.48. The molecule has 1 heterocycles. The van der Waals surface area contributed by atoms with Crippen LogP contribution in [0, 0.1) is 5.41 Å². The maximum atomic E-state index is 10.9. The lowest BCUT2D eigenvalue weighted by atomic mass is 9.82. The van der Waals surface area contributed by atoms with Gasteiger partial charge in [0.2, 0.25) is 0 Å². The summed E-state index contributed by atoms with van der Waals surface area (Å²) in [5, 5.41) is 6.17. The van der Waals surface area contributed by atoms with Gasteiger partial charge in [0.05, 0.1) is 0 Å². The third-order valence-corrected chi connectivity index (χ3v) is 4.65. The van der Waals surface area contributed by atoms with Crippen molar-refractivity contribution in [1.29, 1.82) is 0 Å². The minimum atomic E-state index is -0.536. The highest BCUT2D eigenvalue weighted by Gasteiger charge is 2.32. The van der Waals surface area contributed by atoms with Crippen molar-refractivity contribution in [2.24, 2.45) is 11.1 Å². The van der Waals surface area contributed by atoms with Gasteiger partial charge in [-0.15, -0.1) is 0 Å². The van der Waals surface area contributed by atoms with Gasteiger partial charge >= 0.3 is 6.03 Å². The highest BCUT2D eigenvalue weighted by atomic mass is 32.2. The number of hydrogen-bond acceptors (Lipinski definition) is 3. The van der Waals surface area contributed by atoms with Crippen molar-refractivity contribution in [2.75, 3.05) is 22.1 Å². The van der Waals surface area contributed by atoms with E-state index in [4.69, 9.17) is 5.73 Å². The molecule has 1 aromatic rings. The maximum absolute atomic E-state index is 10.9. The average Bonchev–Trinajstić information content (AvgIpc) is 2.31. The molecule has 5 heteroatoms. The van der Waals surface area contributed by atoms with E-state index >= 15 is 0 Å². The highest BCUT2D eigenvalue weighted by molar-refractivity contribution is 7.99. The van der Waals surface area contributed by atoms with Crippen LogP contribution in [0.3, 0.4) is 0 Å². The van der Waals surface area contributed by atoms with Crippen LogP contribution < -0.4 is 16.4 Å². The van der Waals surface area contributed by atoms with Gasteiger partial charge in [-0.3, -0.25) is 0 Å². The lowest BCUT2D eigenvalue weighted by Crippen LogP contribution is -2.41. The number of hydrogen-bond donors (Lipinski definition) is 3. The van der Waals surface area contributed by atoms with Crippen molar-refractivity contribution >= 4 is 29.2 Å². The zero-order valence-corrected chi connectivity index (χ0v) is 12.2.